The molecule has 4 N–H and O–H groups in total. The van der Waals surface area contributed by atoms with Crippen LogP contribution in [0.1, 0.15) is 64.8 Å². The second-order valence-electron chi connectivity index (χ2n) is 11.5. The molecule has 0 bridgehead atoms. The monoisotopic (exact) mass is 574 g/mol. The summed E-state index contributed by atoms with van der Waals surface area (Å²) in [6.07, 6.45) is -1.51. The van der Waals surface area contributed by atoms with Gasteiger partial charge in [-0.1, -0.05) is 72.8 Å². The molecule has 0 saturated heterocycles. The summed E-state index contributed by atoms with van der Waals surface area (Å²) < 4.78 is 10.7. The first kappa shape index (κ1) is 31.7. The Balaban J connectivity index is 1.84. The number of anilines is 2. The van der Waals surface area contributed by atoms with Gasteiger partial charge in [0.05, 0.1) is 11.4 Å². The Hall–Kier alpha value is -4.86. The fraction of sp³-hybridized carbons (Fsp3) is 0.312. The molecule has 3 aromatic carbocycles. The third-order valence-electron chi connectivity index (χ3n) is 5.56. The molecular formula is C32H38N4O6. The third-order valence-corrected chi connectivity index (χ3v) is 5.56. The Morgan fingerprint density at radius 1 is 0.524 bits per heavy atom. The largest absolute Gasteiger partial charge is 0.444 e. The van der Waals surface area contributed by atoms with Gasteiger partial charge in [-0.05, 0) is 64.8 Å². The number of carbonyl (C=O) groups excluding carboxylic acids is 4. The molecule has 0 fully saturated rings. The predicted octanol–water partition coefficient (Wildman–Crippen LogP) is 6.10. The van der Waals surface area contributed by atoms with Crippen LogP contribution < -0.4 is 21.3 Å². The van der Waals surface area contributed by atoms with Crippen LogP contribution in [0.5, 0.6) is 0 Å². The van der Waals surface area contributed by atoms with Crippen molar-refractivity contribution in [2.24, 2.45) is 0 Å². The molecule has 4 amide bonds. The van der Waals surface area contributed by atoms with Gasteiger partial charge in [0.25, 0.3) is 11.8 Å². The maximum atomic E-state index is 13.5. The van der Waals surface area contributed by atoms with Crippen molar-refractivity contribution in [3.63, 3.8) is 0 Å². The van der Waals surface area contributed by atoms with E-state index in [1.807, 2.05) is 0 Å². The van der Waals surface area contributed by atoms with Gasteiger partial charge in [0.2, 0.25) is 0 Å². The van der Waals surface area contributed by atoms with E-state index >= 15 is 0 Å². The van der Waals surface area contributed by atoms with Gasteiger partial charge in [-0.15, -0.1) is 0 Å². The van der Waals surface area contributed by atoms with Gasteiger partial charge in [0.1, 0.15) is 23.3 Å². The van der Waals surface area contributed by atoms with Gasteiger partial charge < -0.3 is 30.7 Å². The lowest BCUT2D eigenvalue weighted by Gasteiger charge is -2.25. The van der Waals surface area contributed by atoms with E-state index in [1.54, 1.807) is 126 Å². The van der Waals surface area contributed by atoms with Crippen LogP contribution in [0.15, 0.2) is 84.9 Å². The maximum Gasteiger partial charge on any atom is 0.408 e. The number of alkyl carbamates (subject to hydrolysis) is 2. The maximum absolute atomic E-state index is 13.5. The fourth-order valence-corrected chi connectivity index (χ4v) is 3.85. The summed E-state index contributed by atoms with van der Waals surface area (Å²) in [5.74, 6) is -1.11. The molecule has 0 aliphatic rings. The van der Waals surface area contributed by atoms with Crippen molar-refractivity contribution in [3.8, 4) is 0 Å². The van der Waals surface area contributed by atoms with E-state index in [9.17, 15) is 19.2 Å². The predicted molar refractivity (Wildman–Crippen MR) is 161 cm³/mol. The van der Waals surface area contributed by atoms with E-state index in [4.69, 9.17) is 9.47 Å². The Kier molecular flexibility index (Phi) is 10.3. The van der Waals surface area contributed by atoms with Crippen LogP contribution >= 0.6 is 0 Å². The lowest BCUT2D eigenvalue weighted by Crippen LogP contribution is -2.41. The van der Waals surface area contributed by atoms with Gasteiger partial charge in [-0.3, -0.25) is 9.59 Å². The number of benzene rings is 3. The van der Waals surface area contributed by atoms with Crippen molar-refractivity contribution < 1.29 is 28.7 Å². The summed E-state index contributed by atoms with van der Waals surface area (Å²) in [5, 5.41) is 10.9. The first-order chi connectivity index (χ1) is 19.7. The van der Waals surface area contributed by atoms with E-state index in [1.165, 1.54) is 0 Å². The van der Waals surface area contributed by atoms with Crippen LogP contribution in [0.25, 0.3) is 0 Å². The van der Waals surface area contributed by atoms with E-state index in [2.05, 4.69) is 21.3 Å². The van der Waals surface area contributed by atoms with Crippen molar-refractivity contribution in [3.05, 3.63) is 96.1 Å². The minimum Gasteiger partial charge on any atom is -0.444 e. The number of hydrogen-bond acceptors (Lipinski definition) is 6. The zero-order valence-corrected chi connectivity index (χ0v) is 24.7. The molecular weight excluding hydrogens is 536 g/mol. The molecule has 0 heterocycles. The molecule has 0 saturated carbocycles. The molecule has 0 aliphatic carbocycles. The molecule has 3 rings (SSSR count). The number of hydrogen-bond donors (Lipinski definition) is 4. The van der Waals surface area contributed by atoms with Crippen LogP contribution in [0.3, 0.4) is 0 Å². The average Bonchev–Trinajstić information content (AvgIpc) is 2.90. The Morgan fingerprint density at radius 2 is 0.833 bits per heavy atom. The second kappa shape index (κ2) is 13.7. The normalized spacial score (nSPS) is 12.7. The molecule has 0 aromatic heterocycles. The van der Waals surface area contributed by atoms with E-state index in [-0.39, 0.29) is 11.4 Å². The Morgan fingerprint density at radius 3 is 1.14 bits per heavy atom. The van der Waals surface area contributed by atoms with Crippen molar-refractivity contribution in [1.29, 1.82) is 0 Å². The molecule has 2 atom stereocenters. The molecule has 222 valence electrons. The lowest BCUT2D eigenvalue weighted by atomic mass is 10.1. The van der Waals surface area contributed by atoms with E-state index in [0.717, 1.165) is 0 Å². The number of nitrogens with one attached hydrogen (secondary N) is 4. The highest BCUT2D eigenvalue weighted by molar-refractivity contribution is 6.04. The van der Waals surface area contributed by atoms with Crippen LogP contribution in [0.4, 0.5) is 21.0 Å². The van der Waals surface area contributed by atoms with Crippen LogP contribution in [-0.2, 0) is 19.1 Å². The van der Waals surface area contributed by atoms with Crippen LogP contribution in [-0.4, -0.2) is 35.2 Å². The average molecular weight is 575 g/mol. The van der Waals surface area contributed by atoms with Gasteiger partial charge in [0.15, 0.2) is 0 Å². The molecule has 3 aromatic rings. The molecule has 0 radical (unpaired) electrons. The molecule has 0 unspecified atom stereocenters. The van der Waals surface area contributed by atoms with E-state index in [0.29, 0.717) is 11.1 Å². The number of ether oxygens (including phenoxy) is 2. The summed E-state index contributed by atoms with van der Waals surface area (Å²) in [4.78, 5) is 52.2. The Bertz CT molecular complexity index is 1270. The van der Waals surface area contributed by atoms with Crippen LogP contribution in [0, 0.1) is 0 Å². The third kappa shape index (κ3) is 9.96. The van der Waals surface area contributed by atoms with Gasteiger partial charge in [0, 0.05) is 0 Å². The minimum absolute atomic E-state index is 0.284. The summed E-state index contributed by atoms with van der Waals surface area (Å²) in [6.45, 7) is 10.4. The zero-order valence-electron chi connectivity index (χ0n) is 24.7. The van der Waals surface area contributed by atoms with Gasteiger partial charge in [-0.25, -0.2) is 9.59 Å². The highest BCUT2D eigenvalue weighted by atomic mass is 16.6. The van der Waals surface area contributed by atoms with Crippen molar-refractivity contribution in [2.45, 2.75) is 64.8 Å². The topological polar surface area (TPSA) is 135 Å². The summed E-state index contributed by atoms with van der Waals surface area (Å²) in [7, 11) is 0. The SMILES string of the molecule is CC(C)(C)OC(=O)N[C@H](C(=O)Nc1ccccc1NC(=O)[C@@H](NC(=O)OC(C)(C)C)c1ccccc1)c1ccccc1. The standard InChI is InChI=1S/C32H38N4O6/c1-31(2,3)41-29(39)35-25(21-15-9-7-10-16-21)27(37)33-23-19-13-14-20-24(23)34-28(38)26(22-17-11-8-12-18-22)36-30(40)42-32(4,5)6/h7-20,25-26H,1-6H3,(H,33,37)(H,34,38)(H,35,39)(H,36,40)/t25-,26-/m0/s1. The number of amides is 4. The molecule has 0 spiro atoms. The summed E-state index contributed by atoms with van der Waals surface area (Å²) >= 11 is 0. The van der Waals surface area contributed by atoms with Crippen molar-refractivity contribution in [2.75, 3.05) is 10.6 Å². The quantitative estimate of drug-likeness (QED) is 0.257. The molecule has 10 nitrogen and oxygen atoms in total. The van der Waals surface area contributed by atoms with E-state index < -0.39 is 47.3 Å². The van der Waals surface area contributed by atoms with Crippen molar-refractivity contribution in [1.82, 2.24) is 10.6 Å². The highest BCUT2D eigenvalue weighted by Gasteiger charge is 2.28. The smallest absolute Gasteiger partial charge is 0.408 e. The molecule has 42 heavy (non-hydrogen) atoms. The Labute approximate surface area is 246 Å². The fourth-order valence-electron chi connectivity index (χ4n) is 3.85. The van der Waals surface area contributed by atoms with Gasteiger partial charge >= 0.3 is 12.2 Å². The number of carbonyl (C=O) groups is 4. The zero-order chi connectivity index (χ0) is 30.9. The lowest BCUT2D eigenvalue weighted by molar-refractivity contribution is -0.119. The molecule has 10 heteroatoms. The first-order valence-corrected chi connectivity index (χ1v) is 13.5. The number of para-hydroxylation sites is 2. The number of rotatable bonds is 8. The second-order valence-corrected chi connectivity index (χ2v) is 11.5. The highest BCUT2D eigenvalue weighted by Crippen LogP contribution is 2.26. The summed E-state index contributed by atoms with van der Waals surface area (Å²) in [6, 6.07) is 21.9. The van der Waals surface area contributed by atoms with Crippen molar-refractivity contribution >= 4 is 35.4 Å². The van der Waals surface area contributed by atoms with Crippen LogP contribution in [0.2, 0.25) is 0 Å². The minimum atomic E-state index is -1.09. The summed E-state index contributed by atoms with van der Waals surface area (Å²) in [5.41, 5.74) is 0.114. The molecule has 0 aliphatic heterocycles. The first-order valence-electron chi connectivity index (χ1n) is 13.5. The van der Waals surface area contributed by atoms with Gasteiger partial charge in [-0.2, -0.15) is 0 Å².